The van der Waals surface area contributed by atoms with E-state index in [9.17, 15) is 14.0 Å². The molecule has 1 aliphatic heterocycles. The number of likely N-dealkylation sites (tertiary alicyclic amines) is 1. The smallest absolute Gasteiger partial charge is 0.325 e. The van der Waals surface area contributed by atoms with Crippen molar-refractivity contribution in [2.45, 2.75) is 18.5 Å². The number of rotatable bonds is 4. The molecule has 0 aliphatic carbocycles. The molecule has 1 aromatic rings. The summed E-state index contributed by atoms with van der Waals surface area (Å²) in [5.41, 5.74) is 10.0. The largest absolute Gasteiger partial charge is 0.480 e. The van der Waals surface area contributed by atoms with Gasteiger partial charge in [-0.3, -0.25) is 14.5 Å². The zero-order valence-corrected chi connectivity index (χ0v) is 10.8. The fourth-order valence-corrected chi connectivity index (χ4v) is 2.29. The van der Waals surface area contributed by atoms with Gasteiger partial charge in [-0.15, -0.1) is 0 Å². The minimum absolute atomic E-state index is 0.103. The van der Waals surface area contributed by atoms with Crippen molar-refractivity contribution in [1.82, 2.24) is 4.90 Å². The second kappa shape index (κ2) is 5.18. The number of halogens is 1. The highest BCUT2D eigenvalue weighted by molar-refractivity contribution is 5.92. The van der Waals surface area contributed by atoms with Crippen molar-refractivity contribution in [2.75, 3.05) is 13.1 Å². The number of nitrogens with two attached hydrogens (primary N) is 2. The second-order valence-electron chi connectivity index (χ2n) is 5.09. The highest BCUT2D eigenvalue weighted by Crippen LogP contribution is 2.22. The van der Waals surface area contributed by atoms with Crippen LogP contribution in [0.1, 0.15) is 22.3 Å². The van der Waals surface area contributed by atoms with Crippen molar-refractivity contribution in [3.63, 3.8) is 0 Å². The predicted octanol–water partition coefficient (Wildman–Crippen LogP) is -0.0876. The molecule has 0 radical (unpaired) electrons. The Morgan fingerprint density at radius 1 is 1.45 bits per heavy atom. The van der Waals surface area contributed by atoms with Gasteiger partial charge in [0.2, 0.25) is 5.91 Å². The molecule has 1 atom stereocenters. The molecule has 1 saturated heterocycles. The summed E-state index contributed by atoms with van der Waals surface area (Å²) in [4.78, 5) is 23.7. The zero-order valence-electron chi connectivity index (χ0n) is 10.8. The van der Waals surface area contributed by atoms with Gasteiger partial charge in [-0.2, -0.15) is 0 Å². The molecule has 1 unspecified atom stereocenters. The Morgan fingerprint density at radius 3 is 2.65 bits per heavy atom. The lowest BCUT2D eigenvalue weighted by molar-refractivity contribution is -0.142. The first-order valence-electron chi connectivity index (χ1n) is 6.15. The highest BCUT2D eigenvalue weighted by atomic mass is 19.1. The lowest BCUT2D eigenvalue weighted by Crippen LogP contribution is -2.50. The normalized spacial score (nSPS) is 22.9. The lowest BCUT2D eigenvalue weighted by atomic mass is 10.0. The molecule has 2 rings (SSSR count). The standard InChI is InChI=1S/C13H16FN3O3/c14-10-5-8(11(15)18)1-2-9(10)6-17-4-3-13(16,7-17)12(19)20/h1-2,5H,3-4,6-7,16H2,(H2,15,18)(H,19,20). The first-order chi connectivity index (χ1) is 9.32. The van der Waals surface area contributed by atoms with Crippen LogP contribution in [0.2, 0.25) is 0 Å². The van der Waals surface area contributed by atoms with E-state index in [1.54, 1.807) is 4.90 Å². The summed E-state index contributed by atoms with van der Waals surface area (Å²) in [7, 11) is 0. The molecule has 1 heterocycles. The summed E-state index contributed by atoms with van der Waals surface area (Å²) in [5.74, 6) is -2.28. The highest BCUT2D eigenvalue weighted by Gasteiger charge is 2.41. The van der Waals surface area contributed by atoms with E-state index in [1.165, 1.54) is 12.1 Å². The Labute approximate surface area is 115 Å². The number of aliphatic carboxylic acids is 1. The predicted molar refractivity (Wildman–Crippen MR) is 69.4 cm³/mol. The molecule has 0 saturated carbocycles. The van der Waals surface area contributed by atoms with Crippen LogP contribution in [0, 0.1) is 5.82 Å². The molecule has 1 aromatic carbocycles. The summed E-state index contributed by atoms with van der Waals surface area (Å²) in [6.07, 6.45) is 0.323. The average molecular weight is 281 g/mol. The maximum Gasteiger partial charge on any atom is 0.325 e. The summed E-state index contributed by atoms with van der Waals surface area (Å²) < 4.78 is 13.8. The molecule has 1 amide bonds. The molecule has 6 nitrogen and oxygen atoms in total. The fraction of sp³-hybridized carbons (Fsp3) is 0.385. The molecular formula is C13H16FN3O3. The first kappa shape index (κ1) is 14.4. The Bertz CT molecular complexity index is 564. The van der Waals surface area contributed by atoms with Gasteiger partial charge >= 0.3 is 5.97 Å². The zero-order chi connectivity index (χ0) is 14.9. The number of carbonyl (C=O) groups excluding carboxylic acids is 1. The van der Waals surface area contributed by atoms with Crippen LogP contribution in [-0.4, -0.2) is 40.5 Å². The number of hydrogen-bond acceptors (Lipinski definition) is 4. The quantitative estimate of drug-likeness (QED) is 0.714. The third-order valence-electron chi connectivity index (χ3n) is 3.54. The number of primary amides is 1. The first-order valence-corrected chi connectivity index (χ1v) is 6.15. The van der Waals surface area contributed by atoms with Crippen LogP contribution in [0.25, 0.3) is 0 Å². The summed E-state index contributed by atoms with van der Waals surface area (Å²) in [5, 5.41) is 9.03. The summed E-state index contributed by atoms with van der Waals surface area (Å²) >= 11 is 0. The average Bonchev–Trinajstić information content (AvgIpc) is 2.75. The van der Waals surface area contributed by atoms with Crippen molar-refractivity contribution in [1.29, 1.82) is 0 Å². The van der Waals surface area contributed by atoms with Gasteiger partial charge in [0.25, 0.3) is 0 Å². The van der Waals surface area contributed by atoms with E-state index in [4.69, 9.17) is 16.6 Å². The lowest BCUT2D eigenvalue weighted by Gasteiger charge is -2.20. The number of carboxylic acid groups (broad SMARTS) is 1. The molecule has 1 fully saturated rings. The Hall–Kier alpha value is -1.99. The monoisotopic (exact) mass is 281 g/mol. The Morgan fingerprint density at radius 2 is 2.15 bits per heavy atom. The van der Waals surface area contributed by atoms with Gasteiger partial charge in [-0.05, 0) is 18.6 Å². The fourth-order valence-electron chi connectivity index (χ4n) is 2.29. The van der Waals surface area contributed by atoms with Crippen LogP contribution in [0.5, 0.6) is 0 Å². The molecular weight excluding hydrogens is 265 g/mol. The Balaban J connectivity index is 2.09. The van der Waals surface area contributed by atoms with Crippen molar-refractivity contribution in [3.8, 4) is 0 Å². The molecule has 0 aromatic heterocycles. The van der Waals surface area contributed by atoms with Gasteiger partial charge in [0.15, 0.2) is 0 Å². The van der Waals surface area contributed by atoms with Gasteiger partial charge in [0, 0.05) is 30.8 Å². The summed E-state index contributed by atoms with van der Waals surface area (Å²) in [6.45, 7) is 0.899. The van der Waals surface area contributed by atoms with Gasteiger partial charge in [-0.25, -0.2) is 4.39 Å². The van der Waals surface area contributed by atoms with Gasteiger partial charge < -0.3 is 16.6 Å². The number of carboxylic acids is 1. The van der Waals surface area contributed by atoms with E-state index in [-0.39, 0.29) is 18.7 Å². The van der Waals surface area contributed by atoms with E-state index >= 15 is 0 Å². The van der Waals surface area contributed by atoms with Crippen LogP contribution in [0.3, 0.4) is 0 Å². The van der Waals surface area contributed by atoms with E-state index in [0.717, 1.165) is 6.07 Å². The minimum Gasteiger partial charge on any atom is -0.480 e. The van der Waals surface area contributed by atoms with Gasteiger partial charge in [0.1, 0.15) is 11.4 Å². The Kier molecular flexibility index (Phi) is 3.74. The van der Waals surface area contributed by atoms with Gasteiger partial charge in [-0.1, -0.05) is 6.07 Å². The maximum absolute atomic E-state index is 13.8. The molecule has 0 spiro atoms. The van der Waals surface area contributed by atoms with Crippen LogP contribution in [0.15, 0.2) is 18.2 Å². The number of benzene rings is 1. The van der Waals surface area contributed by atoms with Crippen molar-refractivity contribution >= 4 is 11.9 Å². The molecule has 108 valence electrons. The van der Waals surface area contributed by atoms with Crippen molar-refractivity contribution < 1.29 is 19.1 Å². The third kappa shape index (κ3) is 2.78. The van der Waals surface area contributed by atoms with E-state index < -0.39 is 23.2 Å². The number of carbonyl (C=O) groups is 2. The van der Waals surface area contributed by atoms with Gasteiger partial charge in [0.05, 0.1) is 0 Å². The number of nitrogens with zero attached hydrogens (tertiary/aromatic N) is 1. The van der Waals surface area contributed by atoms with E-state index in [2.05, 4.69) is 0 Å². The molecule has 0 bridgehead atoms. The van der Waals surface area contributed by atoms with Crippen LogP contribution < -0.4 is 11.5 Å². The molecule has 5 N–H and O–H groups in total. The van der Waals surface area contributed by atoms with E-state index in [1.807, 2.05) is 0 Å². The van der Waals surface area contributed by atoms with Crippen LogP contribution in [-0.2, 0) is 11.3 Å². The molecule has 7 heteroatoms. The maximum atomic E-state index is 13.8. The number of hydrogen-bond donors (Lipinski definition) is 3. The van der Waals surface area contributed by atoms with Crippen LogP contribution >= 0.6 is 0 Å². The van der Waals surface area contributed by atoms with Crippen LogP contribution in [0.4, 0.5) is 4.39 Å². The van der Waals surface area contributed by atoms with Crippen molar-refractivity contribution in [2.24, 2.45) is 11.5 Å². The summed E-state index contributed by atoms with van der Waals surface area (Å²) in [6, 6.07) is 4.01. The van der Waals surface area contributed by atoms with Crippen molar-refractivity contribution in [3.05, 3.63) is 35.1 Å². The van der Waals surface area contributed by atoms with E-state index in [0.29, 0.717) is 18.5 Å². The topological polar surface area (TPSA) is 110 Å². The SMILES string of the molecule is NC(=O)c1ccc(CN2CCC(N)(C(=O)O)C2)c(F)c1. The molecule has 20 heavy (non-hydrogen) atoms. The number of amides is 1. The minimum atomic E-state index is -1.27. The second-order valence-corrected chi connectivity index (χ2v) is 5.09. The molecule has 1 aliphatic rings. The third-order valence-corrected chi connectivity index (χ3v) is 3.54.